The van der Waals surface area contributed by atoms with Crippen molar-refractivity contribution in [1.29, 1.82) is 0 Å². The number of hydrogen-bond donors (Lipinski definition) is 1. The van der Waals surface area contributed by atoms with Gasteiger partial charge in [0.15, 0.2) is 11.6 Å². The largest absolute Gasteiger partial charge is 0.314 e. The number of piperazine rings is 1. The Kier molecular flexibility index (Phi) is 11.2. The smallest absolute Gasteiger partial charge is 0.159 e. The van der Waals surface area contributed by atoms with Gasteiger partial charge in [-0.3, -0.25) is 14.5 Å². The van der Waals surface area contributed by atoms with Gasteiger partial charge in [-0.2, -0.15) is 0 Å². The Bertz CT molecular complexity index is 480. The number of nitrogens with one attached hydrogen (secondary N) is 1. The minimum Gasteiger partial charge on any atom is -0.314 e. The van der Waals surface area contributed by atoms with Crippen LogP contribution in [0.15, 0.2) is 24.3 Å². The molecule has 1 unspecified atom stereocenters. The zero-order valence-electron chi connectivity index (χ0n) is 15.5. The Morgan fingerprint density at radius 2 is 1.61 bits per heavy atom. The normalized spacial score (nSPS) is 15.4. The third-order valence-corrected chi connectivity index (χ3v) is 3.51. The van der Waals surface area contributed by atoms with Crippen LogP contribution in [-0.4, -0.2) is 42.6 Å². The molecule has 1 saturated heterocycles. The summed E-state index contributed by atoms with van der Waals surface area (Å²) in [6.45, 7) is 14.7. The summed E-state index contributed by atoms with van der Waals surface area (Å²) in [6.07, 6.45) is 0. The van der Waals surface area contributed by atoms with Crippen LogP contribution in [0.2, 0.25) is 0 Å². The van der Waals surface area contributed by atoms with Gasteiger partial charge in [0, 0.05) is 31.7 Å². The van der Waals surface area contributed by atoms with Crippen LogP contribution in [0.4, 0.5) is 0 Å². The number of nitrogens with zero attached hydrogens (tertiary/aromatic N) is 1. The highest BCUT2D eigenvalue weighted by atomic mass is 16.1. The second-order valence-electron chi connectivity index (χ2n) is 4.98. The SMILES string of the molecule is CC.CC.CC(=O)c1cccc(C(C(C)=O)N2CCNCC2)c1. The van der Waals surface area contributed by atoms with Gasteiger partial charge in [0.2, 0.25) is 0 Å². The Hall–Kier alpha value is -1.52. The molecule has 0 saturated carbocycles. The molecule has 130 valence electrons. The molecule has 1 aromatic rings. The zero-order chi connectivity index (χ0) is 17.8. The van der Waals surface area contributed by atoms with Crippen LogP contribution in [0, 0.1) is 0 Å². The highest BCUT2D eigenvalue weighted by Gasteiger charge is 2.26. The Balaban J connectivity index is 0.00000112. The lowest BCUT2D eigenvalue weighted by atomic mass is 9.98. The van der Waals surface area contributed by atoms with E-state index in [-0.39, 0.29) is 17.6 Å². The van der Waals surface area contributed by atoms with Crippen LogP contribution in [0.25, 0.3) is 0 Å². The average Bonchev–Trinajstić information content (AvgIpc) is 2.59. The van der Waals surface area contributed by atoms with Crippen molar-refractivity contribution in [2.24, 2.45) is 0 Å². The monoisotopic (exact) mass is 320 g/mol. The van der Waals surface area contributed by atoms with E-state index in [9.17, 15) is 9.59 Å². The molecule has 1 heterocycles. The predicted octanol–water partition coefficient (Wildman–Crippen LogP) is 3.48. The molecule has 0 radical (unpaired) electrons. The number of carbonyl (C=O) groups excluding carboxylic acids is 2. The van der Waals surface area contributed by atoms with Crippen molar-refractivity contribution in [2.45, 2.75) is 47.6 Å². The average molecular weight is 320 g/mol. The van der Waals surface area contributed by atoms with Gasteiger partial charge in [-0.25, -0.2) is 0 Å². The molecule has 4 nitrogen and oxygen atoms in total. The van der Waals surface area contributed by atoms with Gasteiger partial charge in [-0.1, -0.05) is 45.9 Å². The van der Waals surface area contributed by atoms with E-state index < -0.39 is 0 Å². The standard InChI is InChI=1S/C15H20N2O2.2C2H6/c1-11(18)13-4-3-5-14(10-13)15(12(2)19)17-8-6-16-7-9-17;2*1-2/h3-5,10,15-16H,6-9H2,1-2H3;2*1-2H3. The fraction of sp³-hybridized carbons (Fsp3) is 0.579. The highest BCUT2D eigenvalue weighted by Crippen LogP contribution is 2.23. The second-order valence-corrected chi connectivity index (χ2v) is 4.98. The lowest BCUT2D eigenvalue weighted by Crippen LogP contribution is -2.46. The molecular formula is C19H32N2O2. The second kappa shape index (κ2) is 12.0. The lowest BCUT2D eigenvalue weighted by molar-refractivity contribution is -0.122. The Labute approximate surface area is 141 Å². The molecule has 1 aromatic carbocycles. The minimum absolute atomic E-state index is 0.0319. The van der Waals surface area contributed by atoms with Crippen LogP contribution in [0.1, 0.15) is 63.5 Å². The van der Waals surface area contributed by atoms with E-state index in [0.29, 0.717) is 5.56 Å². The first kappa shape index (κ1) is 21.5. The summed E-state index contributed by atoms with van der Waals surface area (Å²) in [7, 11) is 0. The topological polar surface area (TPSA) is 49.4 Å². The highest BCUT2D eigenvalue weighted by molar-refractivity contribution is 5.94. The maximum atomic E-state index is 12.0. The summed E-state index contributed by atoms with van der Waals surface area (Å²) in [5.74, 6) is 0.159. The van der Waals surface area contributed by atoms with E-state index in [1.807, 2.05) is 45.9 Å². The molecule has 23 heavy (non-hydrogen) atoms. The van der Waals surface area contributed by atoms with Crippen LogP contribution in [-0.2, 0) is 4.79 Å². The number of hydrogen-bond acceptors (Lipinski definition) is 4. The van der Waals surface area contributed by atoms with Crippen LogP contribution < -0.4 is 5.32 Å². The summed E-state index contributed by atoms with van der Waals surface area (Å²) in [6, 6.07) is 7.18. The van der Waals surface area contributed by atoms with Crippen molar-refractivity contribution in [1.82, 2.24) is 10.2 Å². The maximum Gasteiger partial charge on any atom is 0.159 e. The molecule has 1 N–H and O–H groups in total. The first-order valence-corrected chi connectivity index (χ1v) is 8.65. The molecule has 0 spiro atoms. The van der Waals surface area contributed by atoms with Crippen LogP contribution in [0.3, 0.4) is 0 Å². The van der Waals surface area contributed by atoms with Crippen molar-refractivity contribution >= 4 is 11.6 Å². The molecular weight excluding hydrogens is 288 g/mol. The number of rotatable bonds is 4. The van der Waals surface area contributed by atoms with E-state index in [0.717, 1.165) is 31.7 Å². The molecule has 1 aliphatic rings. The molecule has 1 atom stereocenters. The molecule has 0 aliphatic carbocycles. The molecule has 1 aliphatic heterocycles. The van der Waals surface area contributed by atoms with Crippen molar-refractivity contribution in [2.75, 3.05) is 26.2 Å². The molecule has 2 rings (SSSR count). The van der Waals surface area contributed by atoms with Gasteiger partial charge >= 0.3 is 0 Å². The maximum absolute atomic E-state index is 12.0. The third-order valence-electron chi connectivity index (χ3n) is 3.51. The molecule has 0 amide bonds. The summed E-state index contributed by atoms with van der Waals surface area (Å²) in [4.78, 5) is 25.6. The van der Waals surface area contributed by atoms with Crippen molar-refractivity contribution < 1.29 is 9.59 Å². The molecule has 1 fully saturated rings. The summed E-state index contributed by atoms with van der Waals surface area (Å²) >= 11 is 0. The summed E-state index contributed by atoms with van der Waals surface area (Å²) < 4.78 is 0. The van der Waals surface area contributed by atoms with Gasteiger partial charge in [-0.15, -0.1) is 0 Å². The minimum atomic E-state index is -0.235. The van der Waals surface area contributed by atoms with E-state index in [2.05, 4.69) is 10.2 Å². The van der Waals surface area contributed by atoms with E-state index in [4.69, 9.17) is 0 Å². The van der Waals surface area contributed by atoms with Crippen molar-refractivity contribution in [3.63, 3.8) is 0 Å². The van der Waals surface area contributed by atoms with Gasteiger partial charge in [-0.05, 0) is 25.5 Å². The lowest BCUT2D eigenvalue weighted by Gasteiger charge is -2.33. The quantitative estimate of drug-likeness (QED) is 0.863. The van der Waals surface area contributed by atoms with E-state index >= 15 is 0 Å². The van der Waals surface area contributed by atoms with Crippen molar-refractivity contribution in [3.8, 4) is 0 Å². The number of carbonyl (C=O) groups is 2. The van der Waals surface area contributed by atoms with Crippen LogP contribution >= 0.6 is 0 Å². The van der Waals surface area contributed by atoms with Gasteiger partial charge in [0.05, 0.1) is 6.04 Å². The van der Waals surface area contributed by atoms with Gasteiger partial charge < -0.3 is 5.32 Å². The molecule has 4 heteroatoms. The molecule has 0 bridgehead atoms. The number of ketones is 2. The molecule has 0 aromatic heterocycles. The number of benzene rings is 1. The van der Waals surface area contributed by atoms with E-state index in [1.165, 1.54) is 0 Å². The Morgan fingerprint density at radius 1 is 1.04 bits per heavy atom. The fourth-order valence-electron chi connectivity index (χ4n) is 2.57. The van der Waals surface area contributed by atoms with Crippen molar-refractivity contribution in [3.05, 3.63) is 35.4 Å². The Morgan fingerprint density at radius 3 is 2.09 bits per heavy atom. The number of Topliss-reactive ketones (excluding diaryl/α,β-unsaturated/α-hetero) is 2. The van der Waals surface area contributed by atoms with Gasteiger partial charge in [0.25, 0.3) is 0 Å². The fourth-order valence-corrected chi connectivity index (χ4v) is 2.57. The summed E-state index contributed by atoms with van der Waals surface area (Å²) in [5.41, 5.74) is 1.58. The van der Waals surface area contributed by atoms with Crippen LogP contribution in [0.5, 0.6) is 0 Å². The summed E-state index contributed by atoms with van der Waals surface area (Å²) in [5, 5.41) is 3.28. The predicted molar refractivity (Wildman–Crippen MR) is 97.0 cm³/mol. The van der Waals surface area contributed by atoms with E-state index in [1.54, 1.807) is 19.9 Å². The third kappa shape index (κ3) is 6.63. The first-order chi connectivity index (χ1) is 11.1. The first-order valence-electron chi connectivity index (χ1n) is 8.65. The van der Waals surface area contributed by atoms with Gasteiger partial charge in [0.1, 0.15) is 0 Å². The zero-order valence-corrected chi connectivity index (χ0v) is 15.5.